The summed E-state index contributed by atoms with van der Waals surface area (Å²) < 4.78 is 27.3. The molecule has 1 saturated heterocycles. The summed E-state index contributed by atoms with van der Waals surface area (Å²) in [6, 6.07) is 2.56. The number of non-ortho nitro benzene ring substituents is 1. The van der Waals surface area contributed by atoms with Gasteiger partial charge in [0.1, 0.15) is 0 Å². The average Bonchev–Trinajstić information content (AvgIpc) is 2.49. The lowest BCUT2D eigenvalue weighted by Crippen LogP contribution is -2.45. The highest BCUT2D eigenvalue weighted by Crippen LogP contribution is 2.31. The molecule has 7 nitrogen and oxygen atoms in total. The highest BCUT2D eigenvalue weighted by molar-refractivity contribution is 7.89. The molecule has 8 heteroatoms. The number of nitro groups is 1. The number of hydrogen-bond donors (Lipinski definition) is 1. The van der Waals surface area contributed by atoms with Crippen molar-refractivity contribution < 1.29 is 13.3 Å². The molecule has 0 bridgehead atoms. The summed E-state index contributed by atoms with van der Waals surface area (Å²) in [5.74, 6) is 0.484. The minimum atomic E-state index is -3.76. The van der Waals surface area contributed by atoms with Gasteiger partial charge in [-0.3, -0.25) is 10.1 Å². The van der Waals surface area contributed by atoms with E-state index in [1.54, 1.807) is 13.8 Å². The Morgan fingerprint density at radius 3 is 2.61 bits per heavy atom. The van der Waals surface area contributed by atoms with Crippen molar-refractivity contribution in [3.63, 3.8) is 0 Å². The zero-order valence-electron chi connectivity index (χ0n) is 13.7. The number of aryl methyl sites for hydroxylation is 1. The predicted octanol–water partition coefficient (Wildman–Crippen LogP) is 1.82. The van der Waals surface area contributed by atoms with Gasteiger partial charge in [-0.05, 0) is 49.8 Å². The molecule has 0 aromatic heterocycles. The summed E-state index contributed by atoms with van der Waals surface area (Å²) >= 11 is 0. The summed E-state index contributed by atoms with van der Waals surface area (Å²) in [5.41, 5.74) is 6.69. The smallest absolute Gasteiger partial charge is 0.271 e. The third kappa shape index (κ3) is 3.39. The van der Waals surface area contributed by atoms with Gasteiger partial charge in [0.15, 0.2) is 0 Å². The predicted molar refractivity (Wildman–Crippen MR) is 87.7 cm³/mol. The van der Waals surface area contributed by atoms with E-state index in [2.05, 4.69) is 6.92 Å². The van der Waals surface area contributed by atoms with E-state index in [0.29, 0.717) is 36.7 Å². The van der Waals surface area contributed by atoms with E-state index in [-0.39, 0.29) is 16.5 Å². The van der Waals surface area contributed by atoms with Gasteiger partial charge in [0, 0.05) is 25.2 Å². The fraction of sp³-hybridized carbons (Fsp3) is 0.600. The molecule has 0 radical (unpaired) electrons. The van der Waals surface area contributed by atoms with E-state index >= 15 is 0 Å². The van der Waals surface area contributed by atoms with Crippen molar-refractivity contribution in [1.29, 1.82) is 0 Å². The van der Waals surface area contributed by atoms with E-state index in [4.69, 9.17) is 5.73 Å². The number of nitrogens with zero attached hydrogens (tertiary/aromatic N) is 2. The quantitative estimate of drug-likeness (QED) is 0.664. The van der Waals surface area contributed by atoms with Gasteiger partial charge in [-0.2, -0.15) is 4.31 Å². The van der Waals surface area contributed by atoms with E-state index in [0.717, 1.165) is 12.5 Å². The Hall–Kier alpha value is -1.51. The third-order valence-corrected chi connectivity index (χ3v) is 6.80. The lowest BCUT2D eigenvalue weighted by atomic mass is 9.88. The Kier molecular flexibility index (Phi) is 5.07. The van der Waals surface area contributed by atoms with E-state index in [1.807, 2.05) is 0 Å². The number of hydrogen-bond acceptors (Lipinski definition) is 5. The van der Waals surface area contributed by atoms with Crippen LogP contribution < -0.4 is 5.73 Å². The number of nitrogens with two attached hydrogens (primary N) is 1. The zero-order valence-corrected chi connectivity index (χ0v) is 14.5. The highest BCUT2D eigenvalue weighted by atomic mass is 32.2. The Morgan fingerprint density at radius 2 is 2.04 bits per heavy atom. The van der Waals surface area contributed by atoms with Crippen molar-refractivity contribution in [2.75, 3.05) is 19.6 Å². The minimum Gasteiger partial charge on any atom is -0.330 e. The van der Waals surface area contributed by atoms with Crippen molar-refractivity contribution in [2.24, 2.45) is 17.6 Å². The fourth-order valence-corrected chi connectivity index (χ4v) is 4.79. The van der Waals surface area contributed by atoms with Gasteiger partial charge in [0.25, 0.3) is 5.69 Å². The first kappa shape index (κ1) is 17.8. The zero-order chi connectivity index (χ0) is 17.4. The average molecular weight is 341 g/mol. The van der Waals surface area contributed by atoms with Crippen LogP contribution in [0.5, 0.6) is 0 Å². The van der Waals surface area contributed by atoms with Crippen LogP contribution in [0.2, 0.25) is 0 Å². The molecule has 1 heterocycles. The van der Waals surface area contributed by atoms with Gasteiger partial charge in [-0.25, -0.2) is 8.42 Å². The van der Waals surface area contributed by atoms with Crippen LogP contribution in [0, 0.1) is 35.8 Å². The Morgan fingerprint density at radius 1 is 1.39 bits per heavy atom. The van der Waals surface area contributed by atoms with Crippen LogP contribution in [0.25, 0.3) is 0 Å². The van der Waals surface area contributed by atoms with Crippen LogP contribution in [0.1, 0.15) is 24.5 Å². The van der Waals surface area contributed by atoms with Crippen LogP contribution >= 0.6 is 0 Å². The van der Waals surface area contributed by atoms with Crippen LogP contribution in [0.15, 0.2) is 17.0 Å². The SMILES string of the molecule is Cc1cc([N+](=O)[O-])cc(S(=O)(=O)N2CCC(C)C(CN)C2)c1C. The lowest BCUT2D eigenvalue weighted by Gasteiger charge is -2.36. The second-order valence-corrected chi connectivity index (χ2v) is 8.17. The topological polar surface area (TPSA) is 107 Å². The number of rotatable bonds is 4. The number of piperidine rings is 1. The van der Waals surface area contributed by atoms with Gasteiger partial charge < -0.3 is 5.73 Å². The Bertz CT molecular complexity index is 718. The van der Waals surface area contributed by atoms with E-state index in [1.165, 1.54) is 10.4 Å². The summed E-state index contributed by atoms with van der Waals surface area (Å²) in [6.07, 6.45) is 0.744. The maximum Gasteiger partial charge on any atom is 0.271 e. The van der Waals surface area contributed by atoms with E-state index in [9.17, 15) is 18.5 Å². The standard InChI is InChI=1S/C15H23N3O4S/c1-10-4-5-17(9-13(10)8-16)23(21,22)15-7-14(18(19)20)6-11(2)12(15)3/h6-7,10,13H,4-5,8-9,16H2,1-3H3. The van der Waals surface area contributed by atoms with Gasteiger partial charge in [0.2, 0.25) is 10.0 Å². The molecular formula is C15H23N3O4S. The van der Waals surface area contributed by atoms with Crippen molar-refractivity contribution in [3.05, 3.63) is 33.4 Å². The first-order valence-corrected chi connectivity index (χ1v) is 9.08. The van der Waals surface area contributed by atoms with E-state index < -0.39 is 14.9 Å². The highest BCUT2D eigenvalue weighted by Gasteiger charge is 2.34. The van der Waals surface area contributed by atoms with Gasteiger partial charge in [0.05, 0.1) is 9.82 Å². The van der Waals surface area contributed by atoms with Crippen molar-refractivity contribution >= 4 is 15.7 Å². The maximum absolute atomic E-state index is 13.0. The van der Waals surface area contributed by atoms with Gasteiger partial charge in [-0.1, -0.05) is 6.92 Å². The third-order valence-electron chi connectivity index (χ3n) is 4.81. The summed E-state index contributed by atoms with van der Waals surface area (Å²) in [7, 11) is -3.76. The molecule has 1 fully saturated rings. The molecule has 0 aliphatic carbocycles. The molecule has 1 aliphatic heterocycles. The molecular weight excluding hydrogens is 318 g/mol. The maximum atomic E-state index is 13.0. The Balaban J connectivity index is 2.46. The number of sulfonamides is 1. The van der Waals surface area contributed by atoms with Crippen molar-refractivity contribution in [1.82, 2.24) is 4.31 Å². The molecule has 2 N–H and O–H groups in total. The molecule has 0 spiro atoms. The van der Waals surface area contributed by atoms with Crippen LogP contribution in [-0.4, -0.2) is 37.3 Å². The number of benzene rings is 1. The molecule has 2 unspecified atom stereocenters. The van der Waals surface area contributed by atoms with Crippen LogP contribution in [0.3, 0.4) is 0 Å². The van der Waals surface area contributed by atoms with Crippen LogP contribution in [-0.2, 0) is 10.0 Å². The Labute approximate surface area is 136 Å². The number of nitro benzene ring substituents is 1. The monoisotopic (exact) mass is 341 g/mol. The molecule has 1 aliphatic rings. The second-order valence-electron chi connectivity index (χ2n) is 6.27. The lowest BCUT2D eigenvalue weighted by molar-refractivity contribution is -0.385. The first-order valence-electron chi connectivity index (χ1n) is 7.64. The normalized spacial score (nSPS) is 23.0. The molecule has 2 rings (SSSR count). The molecule has 1 aromatic carbocycles. The van der Waals surface area contributed by atoms with Gasteiger partial charge >= 0.3 is 0 Å². The summed E-state index contributed by atoms with van der Waals surface area (Å²) in [5, 5.41) is 11.0. The van der Waals surface area contributed by atoms with Crippen molar-refractivity contribution in [3.8, 4) is 0 Å². The molecule has 1 aromatic rings. The second kappa shape index (κ2) is 6.54. The fourth-order valence-electron chi connectivity index (χ4n) is 2.96. The largest absolute Gasteiger partial charge is 0.330 e. The van der Waals surface area contributed by atoms with Crippen molar-refractivity contribution in [2.45, 2.75) is 32.1 Å². The molecule has 0 amide bonds. The van der Waals surface area contributed by atoms with Gasteiger partial charge in [-0.15, -0.1) is 0 Å². The minimum absolute atomic E-state index is 0.0227. The molecule has 128 valence electrons. The van der Waals surface area contributed by atoms with Crippen LogP contribution in [0.4, 0.5) is 5.69 Å². The molecule has 2 atom stereocenters. The summed E-state index contributed by atoms with van der Waals surface area (Å²) in [4.78, 5) is 10.5. The molecule has 23 heavy (non-hydrogen) atoms. The first-order chi connectivity index (χ1) is 10.7. The molecule has 0 saturated carbocycles. The summed E-state index contributed by atoms with van der Waals surface area (Å²) in [6.45, 7) is 6.65.